The maximum atomic E-state index is 5.76. The summed E-state index contributed by atoms with van der Waals surface area (Å²) in [6, 6.07) is 10.3. The molecule has 1 aliphatic rings. The fraction of sp³-hybridized carbons (Fsp3) is 0.375. The molecule has 2 aromatic heterocycles. The Balaban J connectivity index is 1.46. The first-order chi connectivity index (χ1) is 11.8. The number of rotatable bonds is 4. The van der Waals surface area contributed by atoms with Gasteiger partial charge in [-0.3, -0.25) is 0 Å². The van der Waals surface area contributed by atoms with Crippen molar-refractivity contribution in [2.45, 2.75) is 19.4 Å². The monoisotopic (exact) mass is 343 g/mol. The number of morpholine rings is 1. The summed E-state index contributed by atoms with van der Waals surface area (Å²) >= 11 is 1.62. The molecule has 0 N–H and O–H groups in total. The molecule has 0 spiro atoms. The van der Waals surface area contributed by atoms with Crippen LogP contribution < -0.4 is 4.90 Å². The van der Waals surface area contributed by atoms with E-state index in [-0.39, 0.29) is 6.10 Å². The van der Waals surface area contributed by atoms with Crippen molar-refractivity contribution in [3.63, 3.8) is 0 Å². The van der Waals surface area contributed by atoms with Crippen LogP contribution in [0, 0.1) is 6.92 Å². The predicted molar refractivity (Wildman–Crippen MR) is 89.1 cm³/mol. The second kappa shape index (κ2) is 6.66. The van der Waals surface area contributed by atoms with Crippen LogP contribution in [0.1, 0.15) is 28.4 Å². The minimum atomic E-state index is -0.197. The van der Waals surface area contributed by atoms with Crippen LogP contribution in [0.4, 0.5) is 5.13 Å². The first-order valence-corrected chi connectivity index (χ1v) is 8.62. The van der Waals surface area contributed by atoms with Gasteiger partial charge in [0, 0.05) is 19.9 Å². The topological polar surface area (TPSA) is 77.2 Å². The molecule has 24 heavy (non-hydrogen) atoms. The van der Waals surface area contributed by atoms with Gasteiger partial charge in [0.2, 0.25) is 16.8 Å². The summed E-state index contributed by atoms with van der Waals surface area (Å²) in [6.45, 7) is 3.82. The molecule has 0 radical (unpaired) electrons. The number of hydrogen-bond acceptors (Lipinski definition) is 8. The zero-order valence-electron chi connectivity index (χ0n) is 13.3. The Morgan fingerprint density at radius 2 is 2.12 bits per heavy atom. The van der Waals surface area contributed by atoms with Crippen LogP contribution in [-0.4, -0.2) is 40.0 Å². The first kappa shape index (κ1) is 15.2. The second-order valence-electron chi connectivity index (χ2n) is 5.62. The van der Waals surface area contributed by atoms with Crippen molar-refractivity contribution < 1.29 is 9.26 Å². The minimum absolute atomic E-state index is 0.197. The van der Waals surface area contributed by atoms with Crippen LogP contribution in [-0.2, 0) is 11.2 Å². The Hall–Kier alpha value is -2.32. The Morgan fingerprint density at radius 3 is 2.92 bits per heavy atom. The number of anilines is 1. The molecule has 4 rings (SSSR count). The van der Waals surface area contributed by atoms with Crippen LogP contribution in [0.25, 0.3) is 0 Å². The van der Waals surface area contributed by atoms with Gasteiger partial charge in [0.15, 0.2) is 0 Å². The summed E-state index contributed by atoms with van der Waals surface area (Å²) in [7, 11) is 0. The van der Waals surface area contributed by atoms with E-state index in [0.29, 0.717) is 24.9 Å². The fourth-order valence-electron chi connectivity index (χ4n) is 2.64. The lowest BCUT2D eigenvalue weighted by atomic mass is 10.2. The first-order valence-electron chi connectivity index (χ1n) is 7.81. The number of benzene rings is 1. The predicted octanol–water partition coefficient (Wildman–Crippen LogP) is 2.40. The highest BCUT2D eigenvalue weighted by molar-refractivity contribution is 7.15. The van der Waals surface area contributed by atoms with Crippen molar-refractivity contribution in [3.8, 4) is 0 Å². The summed E-state index contributed by atoms with van der Waals surface area (Å²) < 4.78 is 10.8. The molecule has 1 aliphatic heterocycles. The van der Waals surface area contributed by atoms with E-state index in [4.69, 9.17) is 9.26 Å². The standard InChI is InChI=1S/C16H17N5O2S/c1-11-17-15(20-23-11)13-10-21(7-8-22-13)16-19-18-14(24-16)9-12-5-3-2-4-6-12/h2-6,13H,7-10H2,1H3/t13-/m0/s1. The summed E-state index contributed by atoms with van der Waals surface area (Å²) in [4.78, 5) is 6.43. The highest BCUT2D eigenvalue weighted by atomic mass is 32.1. The largest absolute Gasteiger partial charge is 0.366 e. The van der Waals surface area contributed by atoms with E-state index in [2.05, 4.69) is 37.4 Å². The minimum Gasteiger partial charge on any atom is -0.366 e. The van der Waals surface area contributed by atoms with Gasteiger partial charge in [-0.15, -0.1) is 10.2 Å². The number of hydrogen-bond donors (Lipinski definition) is 0. The molecule has 1 aromatic carbocycles. The quantitative estimate of drug-likeness (QED) is 0.720. The van der Waals surface area contributed by atoms with E-state index in [1.807, 2.05) is 18.2 Å². The third kappa shape index (κ3) is 3.29. The van der Waals surface area contributed by atoms with Gasteiger partial charge < -0.3 is 14.2 Å². The molecule has 124 valence electrons. The van der Waals surface area contributed by atoms with Gasteiger partial charge in [-0.25, -0.2) is 0 Å². The molecule has 0 amide bonds. The third-order valence-electron chi connectivity index (χ3n) is 3.82. The van der Waals surface area contributed by atoms with E-state index in [9.17, 15) is 0 Å². The van der Waals surface area contributed by atoms with Gasteiger partial charge in [0.25, 0.3) is 0 Å². The van der Waals surface area contributed by atoms with E-state index >= 15 is 0 Å². The lowest BCUT2D eigenvalue weighted by molar-refractivity contribution is 0.0326. The van der Waals surface area contributed by atoms with Crippen molar-refractivity contribution in [2.24, 2.45) is 0 Å². The number of aromatic nitrogens is 4. The van der Waals surface area contributed by atoms with Gasteiger partial charge >= 0.3 is 0 Å². The summed E-state index contributed by atoms with van der Waals surface area (Å²) in [6.07, 6.45) is 0.605. The maximum Gasteiger partial charge on any atom is 0.223 e. The Bertz CT molecular complexity index is 804. The molecule has 8 heteroatoms. The number of ether oxygens (including phenoxy) is 1. The zero-order valence-corrected chi connectivity index (χ0v) is 14.1. The second-order valence-corrected chi connectivity index (χ2v) is 6.66. The number of nitrogens with zero attached hydrogens (tertiary/aromatic N) is 5. The highest BCUT2D eigenvalue weighted by Crippen LogP contribution is 2.27. The van der Waals surface area contributed by atoms with Gasteiger partial charge in [0.1, 0.15) is 11.1 Å². The molecule has 0 bridgehead atoms. The molecule has 0 aliphatic carbocycles. The molecular weight excluding hydrogens is 326 g/mol. The smallest absolute Gasteiger partial charge is 0.223 e. The molecule has 3 heterocycles. The molecule has 0 saturated carbocycles. The van der Waals surface area contributed by atoms with Crippen LogP contribution in [0.5, 0.6) is 0 Å². The Labute approximate surface area is 143 Å². The van der Waals surface area contributed by atoms with Crippen LogP contribution in [0.2, 0.25) is 0 Å². The van der Waals surface area contributed by atoms with Gasteiger partial charge in [0.05, 0.1) is 13.2 Å². The van der Waals surface area contributed by atoms with E-state index in [0.717, 1.165) is 23.1 Å². The average molecular weight is 343 g/mol. The summed E-state index contributed by atoms with van der Waals surface area (Å²) in [5.74, 6) is 1.14. The van der Waals surface area contributed by atoms with Crippen molar-refractivity contribution in [2.75, 3.05) is 24.6 Å². The molecule has 1 atom stereocenters. The Kier molecular flexibility index (Phi) is 4.22. The van der Waals surface area contributed by atoms with Crippen molar-refractivity contribution in [1.29, 1.82) is 0 Å². The SMILES string of the molecule is Cc1nc([C@@H]2CN(c3nnc(Cc4ccccc4)s3)CCO2)no1. The summed E-state index contributed by atoms with van der Waals surface area (Å²) in [5.41, 5.74) is 1.24. The molecule has 3 aromatic rings. The van der Waals surface area contributed by atoms with Crippen molar-refractivity contribution in [3.05, 3.63) is 52.6 Å². The van der Waals surface area contributed by atoms with Crippen LogP contribution in [0.3, 0.4) is 0 Å². The molecule has 1 fully saturated rings. The lowest BCUT2D eigenvalue weighted by Gasteiger charge is -2.30. The van der Waals surface area contributed by atoms with E-state index in [1.165, 1.54) is 5.56 Å². The summed E-state index contributed by atoms with van der Waals surface area (Å²) in [5, 5.41) is 14.5. The normalized spacial score (nSPS) is 18.0. The number of aryl methyl sites for hydroxylation is 1. The van der Waals surface area contributed by atoms with Crippen molar-refractivity contribution in [1.82, 2.24) is 20.3 Å². The fourth-order valence-corrected chi connectivity index (χ4v) is 3.55. The van der Waals surface area contributed by atoms with Crippen molar-refractivity contribution >= 4 is 16.5 Å². The molecule has 0 unspecified atom stereocenters. The van der Waals surface area contributed by atoms with Crippen LogP contribution in [0.15, 0.2) is 34.9 Å². The average Bonchev–Trinajstić information content (AvgIpc) is 3.25. The lowest BCUT2D eigenvalue weighted by Crippen LogP contribution is -2.38. The molecule has 1 saturated heterocycles. The van der Waals surface area contributed by atoms with Gasteiger partial charge in [-0.1, -0.05) is 46.8 Å². The van der Waals surface area contributed by atoms with E-state index < -0.39 is 0 Å². The Morgan fingerprint density at radius 1 is 1.25 bits per heavy atom. The third-order valence-corrected chi connectivity index (χ3v) is 4.81. The van der Waals surface area contributed by atoms with E-state index in [1.54, 1.807) is 18.3 Å². The van der Waals surface area contributed by atoms with Crippen LogP contribution >= 0.6 is 11.3 Å². The molecular formula is C16H17N5O2S. The zero-order chi connectivity index (χ0) is 16.4. The van der Waals surface area contributed by atoms with Gasteiger partial charge in [-0.2, -0.15) is 4.98 Å². The van der Waals surface area contributed by atoms with Gasteiger partial charge in [-0.05, 0) is 5.56 Å². The highest BCUT2D eigenvalue weighted by Gasteiger charge is 2.27. The maximum absolute atomic E-state index is 5.76. The molecule has 7 nitrogen and oxygen atoms in total.